The number of hydrogen-bond acceptors (Lipinski definition) is 4. The van der Waals surface area contributed by atoms with Crippen molar-refractivity contribution in [2.24, 2.45) is 0 Å². The molecule has 0 saturated heterocycles. The smallest absolute Gasteiger partial charge is 0.304 e. The fourth-order valence-corrected chi connectivity index (χ4v) is 3.38. The van der Waals surface area contributed by atoms with Crippen LogP contribution >= 0.6 is 11.3 Å². The second kappa shape index (κ2) is 6.00. The van der Waals surface area contributed by atoms with Crippen LogP contribution in [-0.2, 0) is 0 Å². The summed E-state index contributed by atoms with van der Waals surface area (Å²) < 4.78 is 2.95. The van der Waals surface area contributed by atoms with Gasteiger partial charge in [0.05, 0.1) is 27.3 Å². The Morgan fingerprint density at radius 3 is 2.61 bits per heavy atom. The van der Waals surface area contributed by atoms with Crippen LogP contribution in [0.25, 0.3) is 10.2 Å². The van der Waals surface area contributed by atoms with Gasteiger partial charge in [0.25, 0.3) is 0 Å². The number of thiazole rings is 1. The lowest BCUT2D eigenvalue weighted by Gasteiger charge is -2.09. The van der Waals surface area contributed by atoms with Crippen molar-refractivity contribution >= 4 is 38.4 Å². The summed E-state index contributed by atoms with van der Waals surface area (Å²) in [7, 11) is 0. The van der Waals surface area contributed by atoms with Crippen LogP contribution in [-0.4, -0.2) is 20.8 Å². The van der Waals surface area contributed by atoms with E-state index in [9.17, 15) is 4.79 Å². The van der Waals surface area contributed by atoms with Gasteiger partial charge in [-0.25, -0.2) is 9.78 Å². The van der Waals surface area contributed by atoms with Crippen molar-refractivity contribution in [2.45, 2.75) is 33.7 Å². The molecule has 0 fully saturated rings. The van der Waals surface area contributed by atoms with Gasteiger partial charge in [-0.3, -0.25) is 10.00 Å². The zero-order valence-corrected chi connectivity index (χ0v) is 14.4. The van der Waals surface area contributed by atoms with Crippen LogP contribution in [0.15, 0.2) is 24.3 Å². The molecular weight excluding hydrogens is 310 g/mol. The van der Waals surface area contributed by atoms with Gasteiger partial charge in [-0.2, -0.15) is 5.10 Å². The van der Waals surface area contributed by atoms with Crippen LogP contribution in [0.5, 0.6) is 0 Å². The third-order valence-electron chi connectivity index (χ3n) is 3.57. The van der Waals surface area contributed by atoms with Crippen molar-refractivity contribution in [1.82, 2.24) is 14.8 Å². The number of urea groups is 1. The molecule has 0 aliphatic rings. The van der Waals surface area contributed by atoms with E-state index in [4.69, 9.17) is 0 Å². The Morgan fingerprint density at radius 2 is 1.96 bits per heavy atom. The van der Waals surface area contributed by atoms with Crippen LogP contribution < -0.4 is 10.6 Å². The third-order valence-corrected chi connectivity index (χ3v) is 4.52. The number of aryl methyl sites for hydroxylation is 1. The maximum absolute atomic E-state index is 12.2. The zero-order valence-electron chi connectivity index (χ0n) is 13.5. The number of nitrogens with zero attached hydrogens (tertiary/aromatic N) is 3. The summed E-state index contributed by atoms with van der Waals surface area (Å²) in [5.74, 6) is 0. The van der Waals surface area contributed by atoms with Gasteiger partial charge in [0.15, 0.2) is 5.13 Å². The van der Waals surface area contributed by atoms with Crippen molar-refractivity contribution in [1.29, 1.82) is 0 Å². The van der Waals surface area contributed by atoms with E-state index >= 15 is 0 Å². The Kier molecular flexibility index (Phi) is 4.04. The number of aromatic nitrogens is 3. The topological polar surface area (TPSA) is 71.8 Å². The zero-order chi connectivity index (χ0) is 16.6. The number of benzene rings is 1. The van der Waals surface area contributed by atoms with Crippen LogP contribution in [0.3, 0.4) is 0 Å². The SMILES string of the molecule is Cc1nn(C(C)C)c(C)c1NC(=O)Nc1nc2ccccc2s1. The summed E-state index contributed by atoms with van der Waals surface area (Å²) in [5, 5.41) is 10.7. The summed E-state index contributed by atoms with van der Waals surface area (Å²) in [4.78, 5) is 16.6. The predicted molar refractivity (Wildman–Crippen MR) is 94.3 cm³/mol. The predicted octanol–water partition coefficient (Wildman–Crippen LogP) is 4.33. The molecule has 0 spiro atoms. The number of carbonyl (C=O) groups excluding carboxylic acids is 1. The number of carbonyl (C=O) groups is 1. The molecule has 0 saturated carbocycles. The highest BCUT2D eigenvalue weighted by Crippen LogP contribution is 2.26. The molecule has 3 aromatic rings. The summed E-state index contributed by atoms with van der Waals surface area (Å²) in [6.45, 7) is 7.96. The normalized spacial score (nSPS) is 11.2. The number of hydrogen-bond donors (Lipinski definition) is 2. The summed E-state index contributed by atoms with van der Waals surface area (Å²) in [6, 6.07) is 7.73. The second-order valence-corrected chi connectivity index (χ2v) is 6.68. The van der Waals surface area contributed by atoms with Gasteiger partial charge in [0, 0.05) is 6.04 Å². The third kappa shape index (κ3) is 3.05. The Labute approximate surface area is 138 Å². The molecule has 2 heterocycles. The minimum Gasteiger partial charge on any atom is -0.304 e. The largest absolute Gasteiger partial charge is 0.325 e. The van der Waals surface area contributed by atoms with Crippen LogP contribution in [0.1, 0.15) is 31.3 Å². The first kappa shape index (κ1) is 15.5. The maximum Gasteiger partial charge on any atom is 0.325 e. The molecule has 6 nitrogen and oxygen atoms in total. The minimum absolute atomic E-state index is 0.247. The maximum atomic E-state index is 12.2. The Hall–Kier alpha value is -2.41. The molecule has 2 aromatic heterocycles. The van der Waals surface area contributed by atoms with E-state index < -0.39 is 0 Å². The molecule has 2 amide bonds. The van der Waals surface area contributed by atoms with Crippen molar-refractivity contribution in [2.75, 3.05) is 10.6 Å². The van der Waals surface area contributed by atoms with Gasteiger partial charge in [0.2, 0.25) is 0 Å². The fraction of sp³-hybridized carbons (Fsp3) is 0.312. The molecule has 0 aliphatic carbocycles. The molecule has 23 heavy (non-hydrogen) atoms. The lowest BCUT2D eigenvalue weighted by Crippen LogP contribution is -2.20. The second-order valence-electron chi connectivity index (χ2n) is 5.65. The van der Waals surface area contributed by atoms with Gasteiger partial charge >= 0.3 is 6.03 Å². The van der Waals surface area contributed by atoms with E-state index in [2.05, 4.69) is 34.6 Å². The van der Waals surface area contributed by atoms with E-state index in [1.54, 1.807) is 0 Å². The van der Waals surface area contributed by atoms with Crippen molar-refractivity contribution < 1.29 is 4.79 Å². The number of nitrogens with one attached hydrogen (secondary N) is 2. The van der Waals surface area contributed by atoms with Crippen molar-refractivity contribution in [3.05, 3.63) is 35.7 Å². The number of rotatable bonds is 3. The van der Waals surface area contributed by atoms with Gasteiger partial charge in [0.1, 0.15) is 0 Å². The first-order valence-corrected chi connectivity index (χ1v) is 8.26. The Morgan fingerprint density at radius 1 is 1.22 bits per heavy atom. The van der Waals surface area contributed by atoms with E-state index in [1.165, 1.54) is 11.3 Å². The van der Waals surface area contributed by atoms with Gasteiger partial charge < -0.3 is 5.32 Å². The van der Waals surface area contributed by atoms with Crippen LogP contribution in [0.4, 0.5) is 15.6 Å². The summed E-state index contributed by atoms with van der Waals surface area (Å²) in [5.41, 5.74) is 3.37. The quantitative estimate of drug-likeness (QED) is 0.751. The Balaban J connectivity index is 1.77. The number of amides is 2. The highest BCUT2D eigenvalue weighted by Gasteiger charge is 2.16. The van der Waals surface area contributed by atoms with Crippen LogP contribution in [0.2, 0.25) is 0 Å². The molecule has 2 N–H and O–H groups in total. The average Bonchev–Trinajstić information content (AvgIpc) is 3.02. The van der Waals surface area contributed by atoms with E-state index in [0.717, 1.165) is 27.3 Å². The van der Waals surface area contributed by atoms with Crippen molar-refractivity contribution in [3.63, 3.8) is 0 Å². The monoisotopic (exact) mass is 329 g/mol. The molecule has 7 heteroatoms. The summed E-state index contributed by atoms with van der Waals surface area (Å²) in [6.07, 6.45) is 0. The van der Waals surface area contributed by atoms with Gasteiger partial charge in [-0.1, -0.05) is 23.5 Å². The number of anilines is 2. The molecule has 0 radical (unpaired) electrons. The molecule has 3 rings (SSSR count). The first-order chi connectivity index (χ1) is 11.0. The highest BCUT2D eigenvalue weighted by atomic mass is 32.1. The summed E-state index contributed by atoms with van der Waals surface area (Å²) >= 11 is 1.45. The fourth-order valence-electron chi connectivity index (χ4n) is 2.51. The lowest BCUT2D eigenvalue weighted by atomic mass is 10.3. The number of fused-ring (bicyclic) bond motifs is 1. The van der Waals surface area contributed by atoms with Crippen LogP contribution in [0, 0.1) is 13.8 Å². The molecule has 120 valence electrons. The van der Waals surface area contributed by atoms with Gasteiger partial charge in [-0.05, 0) is 39.8 Å². The first-order valence-electron chi connectivity index (χ1n) is 7.45. The lowest BCUT2D eigenvalue weighted by molar-refractivity contribution is 0.262. The molecule has 0 atom stereocenters. The molecule has 0 unspecified atom stereocenters. The van der Waals surface area contributed by atoms with E-state index in [0.29, 0.717) is 5.13 Å². The van der Waals surface area contributed by atoms with Gasteiger partial charge in [-0.15, -0.1) is 0 Å². The van der Waals surface area contributed by atoms with Crippen molar-refractivity contribution in [3.8, 4) is 0 Å². The number of para-hydroxylation sites is 1. The molecule has 1 aromatic carbocycles. The average molecular weight is 329 g/mol. The Bertz CT molecular complexity index is 832. The molecular formula is C16H19N5OS. The standard InChI is InChI=1S/C16H19N5OS/c1-9(2)21-11(4)14(10(3)20-21)18-15(22)19-16-17-12-7-5-6-8-13(12)23-16/h5-9H,1-4H3,(H2,17,18,19,22). The molecule has 0 aliphatic heterocycles. The van der Waals surface area contributed by atoms with E-state index in [-0.39, 0.29) is 12.1 Å². The highest BCUT2D eigenvalue weighted by molar-refractivity contribution is 7.22. The molecule has 0 bridgehead atoms. The van der Waals surface area contributed by atoms with E-state index in [1.807, 2.05) is 42.8 Å². The minimum atomic E-state index is -0.307.